The highest BCUT2D eigenvalue weighted by molar-refractivity contribution is 7.16. The van der Waals surface area contributed by atoms with Crippen molar-refractivity contribution in [3.8, 4) is 0 Å². The summed E-state index contributed by atoms with van der Waals surface area (Å²) in [5.74, 6) is 0.625. The molecule has 1 unspecified atom stereocenters. The number of nitrogen functional groups attached to an aromatic ring is 1. The first kappa shape index (κ1) is 14.1. The molecule has 2 aromatic rings. The number of nitrogens with one attached hydrogen (secondary N) is 1. The van der Waals surface area contributed by atoms with Gasteiger partial charge in [-0.2, -0.15) is 0 Å². The van der Waals surface area contributed by atoms with E-state index in [0.29, 0.717) is 23.0 Å². The van der Waals surface area contributed by atoms with E-state index in [1.54, 1.807) is 23.7 Å². The molecule has 0 saturated carbocycles. The lowest BCUT2D eigenvalue weighted by Crippen LogP contribution is -2.25. The summed E-state index contributed by atoms with van der Waals surface area (Å²) in [6, 6.07) is 3.79. The van der Waals surface area contributed by atoms with E-state index in [1.165, 1.54) is 10.4 Å². The lowest BCUT2D eigenvalue weighted by atomic mass is 9.88. The van der Waals surface area contributed by atoms with Crippen molar-refractivity contribution in [2.75, 3.05) is 5.73 Å². The summed E-state index contributed by atoms with van der Waals surface area (Å²) in [5.41, 5.74) is 8.99. The van der Waals surface area contributed by atoms with E-state index >= 15 is 0 Å². The Morgan fingerprint density at radius 2 is 2.24 bits per heavy atom. The second-order valence-corrected chi connectivity index (χ2v) is 6.77. The van der Waals surface area contributed by atoms with E-state index in [0.717, 1.165) is 24.8 Å². The van der Waals surface area contributed by atoms with Crippen molar-refractivity contribution in [3.05, 3.63) is 46.1 Å². The van der Waals surface area contributed by atoms with Gasteiger partial charge >= 0.3 is 0 Å². The number of hydrogen-bond acceptors (Lipinski definition) is 4. The van der Waals surface area contributed by atoms with Gasteiger partial charge in [0.2, 0.25) is 0 Å². The highest BCUT2D eigenvalue weighted by Gasteiger charge is 2.26. The van der Waals surface area contributed by atoms with Gasteiger partial charge in [-0.25, -0.2) is 0 Å². The van der Waals surface area contributed by atoms with Gasteiger partial charge < -0.3 is 11.1 Å². The molecule has 0 aromatic carbocycles. The summed E-state index contributed by atoms with van der Waals surface area (Å²) in [6.45, 7) is 2.75. The predicted molar refractivity (Wildman–Crippen MR) is 85.3 cm³/mol. The Hall–Kier alpha value is -1.88. The van der Waals surface area contributed by atoms with Crippen LogP contribution in [0.4, 0.5) is 5.00 Å². The normalized spacial score (nSPS) is 17.3. The number of carbonyl (C=O) groups excluding carboxylic acids is 1. The van der Waals surface area contributed by atoms with Crippen LogP contribution >= 0.6 is 11.3 Å². The Labute approximate surface area is 128 Å². The molecule has 4 nitrogen and oxygen atoms in total. The summed E-state index contributed by atoms with van der Waals surface area (Å²) < 4.78 is 0. The molecule has 0 spiro atoms. The molecule has 2 aromatic heterocycles. The molecule has 0 saturated heterocycles. The summed E-state index contributed by atoms with van der Waals surface area (Å²) in [7, 11) is 0. The summed E-state index contributed by atoms with van der Waals surface area (Å²) in [4.78, 5) is 17.7. The number of nitrogens with two attached hydrogens (primary N) is 1. The zero-order chi connectivity index (χ0) is 14.8. The number of amides is 1. The van der Waals surface area contributed by atoms with Crippen molar-refractivity contribution in [1.82, 2.24) is 10.3 Å². The molecule has 1 aliphatic carbocycles. The summed E-state index contributed by atoms with van der Waals surface area (Å²) >= 11 is 1.58. The van der Waals surface area contributed by atoms with Gasteiger partial charge in [-0.05, 0) is 48.4 Å². The van der Waals surface area contributed by atoms with Crippen molar-refractivity contribution < 1.29 is 4.79 Å². The van der Waals surface area contributed by atoms with Crippen molar-refractivity contribution in [1.29, 1.82) is 0 Å². The number of thiophene rings is 1. The Balaban J connectivity index is 1.76. The highest BCUT2D eigenvalue weighted by Crippen LogP contribution is 2.37. The molecule has 0 bridgehead atoms. The minimum Gasteiger partial charge on any atom is -0.390 e. The lowest BCUT2D eigenvalue weighted by molar-refractivity contribution is 0.0951. The molecule has 1 amide bonds. The van der Waals surface area contributed by atoms with Gasteiger partial charge in [-0.1, -0.05) is 6.92 Å². The molecule has 3 rings (SSSR count). The zero-order valence-electron chi connectivity index (χ0n) is 12.1. The molecule has 0 aliphatic heterocycles. The molecule has 21 heavy (non-hydrogen) atoms. The number of fused-ring (bicyclic) bond motifs is 1. The van der Waals surface area contributed by atoms with Crippen LogP contribution in [-0.4, -0.2) is 10.9 Å². The maximum Gasteiger partial charge on any atom is 0.254 e. The number of aromatic nitrogens is 1. The van der Waals surface area contributed by atoms with Crippen LogP contribution in [0, 0.1) is 5.92 Å². The minimum atomic E-state index is -0.0589. The van der Waals surface area contributed by atoms with Crippen LogP contribution in [0.15, 0.2) is 24.5 Å². The molecule has 0 radical (unpaired) electrons. The average Bonchev–Trinajstić information content (AvgIpc) is 2.81. The minimum absolute atomic E-state index is 0.0589. The monoisotopic (exact) mass is 301 g/mol. The number of carbonyl (C=O) groups is 1. The van der Waals surface area contributed by atoms with Crippen LogP contribution in [0.25, 0.3) is 0 Å². The highest BCUT2D eigenvalue weighted by atomic mass is 32.1. The van der Waals surface area contributed by atoms with E-state index in [2.05, 4.69) is 17.2 Å². The first-order valence-electron chi connectivity index (χ1n) is 7.22. The molecule has 2 heterocycles. The van der Waals surface area contributed by atoms with Gasteiger partial charge in [-0.15, -0.1) is 11.3 Å². The molecule has 1 aliphatic rings. The van der Waals surface area contributed by atoms with E-state index in [-0.39, 0.29) is 5.91 Å². The molecule has 110 valence electrons. The number of hydrogen-bond donors (Lipinski definition) is 2. The number of rotatable bonds is 3. The molecule has 5 heteroatoms. The molecular formula is C16H19N3OS. The average molecular weight is 301 g/mol. The van der Waals surface area contributed by atoms with E-state index in [9.17, 15) is 4.79 Å². The zero-order valence-corrected chi connectivity index (χ0v) is 12.9. The third-order valence-electron chi connectivity index (χ3n) is 3.97. The van der Waals surface area contributed by atoms with Crippen LogP contribution in [0.2, 0.25) is 0 Å². The number of pyridine rings is 1. The van der Waals surface area contributed by atoms with Gasteiger partial charge in [0.1, 0.15) is 0 Å². The Morgan fingerprint density at radius 1 is 1.48 bits per heavy atom. The molecule has 3 N–H and O–H groups in total. The predicted octanol–water partition coefficient (Wildman–Crippen LogP) is 2.78. The Kier molecular flexibility index (Phi) is 3.92. The fourth-order valence-corrected chi connectivity index (χ4v) is 4.07. The second kappa shape index (κ2) is 5.85. The standard InChI is InChI=1S/C16H19N3OS/c1-10-2-3-12-13(8-10)21-15(17)14(12)16(20)19-9-11-4-6-18-7-5-11/h4-7,10H,2-3,8-9,17H2,1H3,(H,19,20). The van der Waals surface area contributed by atoms with Crippen LogP contribution in [0.3, 0.4) is 0 Å². The SMILES string of the molecule is CC1CCc2c(sc(N)c2C(=O)NCc2ccncc2)C1. The first-order valence-corrected chi connectivity index (χ1v) is 8.04. The van der Waals surface area contributed by atoms with Gasteiger partial charge in [0.25, 0.3) is 5.91 Å². The second-order valence-electron chi connectivity index (χ2n) is 5.63. The topological polar surface area (TPSA) is 68.0 Å². The van der Waals surface area contributed by atoms with Crippen molar-refractivity contribution >= 4 is 22.2 Å². The summed E-state index contributed by atoms with van der Waals surface area (Å²) in [5, 5.41) is 3.62. The van der Waals surface area contributed by atoms with E-state index in [4.69, 9.17) is 5.73 Å². The van der Waals surface area contributed by atoms with E-state index in [1.807, 2.05) is 12.1 Å². The van der Waals surface area contributed by atoms with E-state index < -0.39 is 0 Å². The third kappa shape index (κ3) is 2.93. The molecule has 1 atom stereocenters. The van der Waals surface area contributed by atoms with Crippen LogP contribution in [0.1, 0.15) is 39.7 Å². The number of anilines is 1. The Bertz CT molecular complexity index is 651. The van der Waals surface area contributed by atoms with Crippen molar-refractivity contribution in [2.24, 2.45) is 5.92 Å². The smallest absolute Gasteiger partial charge is 0.254 e. The van der Waals surface area contributed by atoms with Crippen LogP contribution in [0.5, 0.6) is 0 Å². The molecule has 0 fully saturated rings. The first-order chi connectivity index (χ1) is 10.1. The van der Waals surface area contributed by atoms with Gasteiger partial charge in [0, 0.05) is 23.8 Å². The lowest BCUT2D eigenvalue weighted by Gasteiger charge is -2.18. The van der Waals surface area contributed by atoms with Gasteiger partial charge in [0.05, 0.1) is 10.6 Å². The fourth-order valence-electron chi connectivity index (χ4n) is 2.79. The number of nitrogens with zero attached hydrogens (tertiary/aromatic N) is 1. The van der Waals surface area contributed by atoms with Gasteiger partial charge in [0.15, 0.2) is 0 Å². The maximum absolute atomic E-state index is 12.5. The van der Waals surface area contributed by atoms with Crippen LogP contribution < -0.4 is 11.1 Å². The third-order valence-corrected chi connectivity index (χ3v) is 5.05. The fraction of sp³-hybridized carbons (Fsp3) is 0.375. The van der Waals surface area contributed by atoms with Crippen molar-refractivity contribution in [2.45, 2.75) is 32.7 Å². The largest absolute Gasteiger partial charge is 0.390 e. The van der Waals surface area contributed by atoms with Crippen molar-refractivity contribution in [3.63, 3.8) is 0 Å². The van der Waals surface area contributed by atoms with Crippen LogP contribution in [-0.2, 0) is 19.4 Å². The molecular weight excluding hydrogens is 282 g/mol. The maximum atomic E-state index is 12.5. The quantitative estimate of drug-likeness (QED) is 0.916. The Morgan fingerprint density at radius 3 is 3.00 bits per heavy atom. The van der Waals surface area contributed by atoms with Gasteiger partial charge in [-0.3, -0.25) is 9.78 Å². The summed E-state index contributed by atoms with van der Waals surface area (Å²) in [6.07, 6.45) is 6.59.